The van der Waals surface area contributed by atoms with Crippen LogP contribution >= 0.6 is 0 Å². The lowest BCUT2D eigenvalue weighted by molar-refractivity contribution is -0.140. The molecule has 0 radical (unpaired) electrons. The molecule has 0 bridgehead atoms. The average Bonchev–Trinajstić information content (AvgIpc) is 2.97. The number of aliphatic hydroxyl groups is 1. The quantitative estimate of drug-likeness (QED) is 0.926. The van der Waals surface area contributed by atoms with Crippen LogP contribution in [0, 0.1) is 0 Å². The first-order valence-electron chi connectivity index (χ1n) is 7.89. The van der Waals surface area contributed by atoms with E-state index in [1.165, 1.54) is 23.1 Å². The first-order chi connectivity index (χ1) is 11.9. The molecule has 1 saturated heterocycles. The number of alkyl halides is 3. The van der Waals surface area contributed by atoms with Gasteiger partial charge in [-0.2, -0.15) is 13.2 Å². The van der Waals surface area contributed by atoms with Crippen molar-refractivity contribution in [2.75, 3.05) is 6.54 Å². The Bertz CT molecular complexity index is 749. The zero-order valence-electron chi connectivity index (χ0n) is 13.3. The molecule has 0 spiro atoms. The number of hydrogen-bond acceptors (Lipinski definition) is 3. The summed E-state index contributed by atoms with van der Waals surface area (Å²) in [5, 5.41) is 9.95. The maximum atomic E-state index is 13.3. The number of hydrogen-bond donors (Lipinski definition) is 1. The zero-order valence-corrected chi connectivity index (χ0v) is 13.3. The maximum absolute atomic E-state index is 13.3. The Balaban J connectivity index is 1.89. The van der Waals surface area contributed by atoms with Gasteiger partial charge in [0.05, 0.1) is 24.1 Å². The van der Waals surface area contributed by atoms with E-state index in [0.29, 0.717) is 0 Å². The summed E-state index contributed by atoms with van der Waals surface area (Å²) in [6.45, 7) is 0.0285. The molecule has 0 aliphatic carbocycles. The molecular formula is C18H17F3N2O2. The summed E-state index contributed by atoms with van der Waals surface area (Å²) in [5.74, 6) is -0.315. The molecule has 1 aliphatic heterocycles. The van der Waals surface area contributed by atoms with Crippen LogP contribution in [0.15, 0.2) is 48.8 Å². The van der Waals surface area contributed by atoms with Gasteiger partial charge in [0.25, 0.3) is 0 Å². The molecule has 7 heteroatoms. The van der Waals surface area contributed by atoms with Gasteiger partial charge in [0.1, 0.15) is 0 Å². The lowest BCUT2D eigenvalue weighted by Gasteiger charge is -2.27. The Morgan fingerprint density at radius 1 is 1.20 bits per heavy atom. The van der Waals surface area contributed by atoms with E-state index in [1.54, 1.807) is 24.5 Å². The van der Waals surface area contributed by atoms with Gasteiger partial charge in [0, 0.05) is 18.9 Å². The van der Waals surface area contributed by atoms with Crippen molar-refractivity contribution in [2.45, 2.75) is 31.2 Å². The van der Waals surface area contributed by atoms with Crippen molar-refractivity contribution in [3.05, 3.63) is 65.5 Å². The van der Waals surface area contributed by atoms with Crippen LogP contribution in [0.1, 0.15) is 29.2 Å². The summed E-state index contributed by atoms with van der Waals surface area (Å²) >= 11 is 0. The monoisotopic (exact) mass is 350 g/mol. The smallest absolute Gasteiger partial charge is 0.391 e. The Labute approximate surface area is 142 Å². The fourth-order valence-corrected chi connectivity index (χ4v) is 3.21. The molecule has 1 fully saturated rings. The van der Waals surface area contributed by atoms with Crippen molar-refractivity contribution in [1.82, 2.24) is 9.88 Å². The Morgan fingerprint density at radius 3 is 2.56 bits per heavy atom. The Hall–Kier alpha value is -2.41. The van der Waals surface area contributed by atoms with Gasteiger partial charge in [-0.25, -0.2) is 0 Å². The molecule has 1 N–H and O–H groups in total. The zero-order chi connectivity index (χ0) is 18.0. The van der Waals surface area contributed by atoms with Crippen molar-refractivity contribution in [2.24, 2.45) is 0 Å². The number of aromatic nitrogens is 1. The number of amides is 1. The number of pyridine rings is 1. The molecule has 2 aromatic rings. The summed E-state index contributed by atoms with van der Waals surface area (Å²) in [7, 11) is 0. The van der Waals surface area contributed by atoms with E-state index in [9.17, 15) is 23.1 Å². The van der Waals surface area contributed by atoms with E-state index in [2.05, 4.69) is 4.98 Å². The number of nitrogens with zero attached hydrogens (tertiary/aromatic N) is 2. The van der Waals surface area contributed by atoms with Crippen LogP contribution in [0.4, 0.5) is 13.2 Å². The molecule has 3 rings (SSSR count). The van der Waals surface area contributed by atoms with Crippen LogP contribution in [0.25, 0.3) is 0 Å². The van der Waals surface area contributed by atoms with Gasteiger partial charge in [0.15, 0.2) is 0 Å². The minimum Gasteiger partial charge on any atom is -0.391 e. The van der Waals surface area contributed by atoms with E-state index in [-0.39, 0.29) is 30.9 Å². The van der Waals surface area contributed by atoms with Crippen LogP contribution < -0.4 is 0 Å². The molecule has 4 nitrogen and oxygen atoms in total. The number of halogens is 3. The van der Waals surface area contributed by atoms with E-state index in [4.69, 9.17) is 0 Å². The van der Waals surface area contributed by atoms with Crippen molar-refractivity contribution < 1.29 is 23.1 Å². The number of likely N-dealkylation sites (tertiary alicyclic amines) is 1. The topological polar surface area (TPSA) is 53.4 Å². The third-order valence-electron chi connectivity index (χ3n) is 4.33. The molecule has 0 saturated carbocycles. The molecule has 1 aromatic heterocycles. The molecule has 1 amide bonds. The maximum Gasteiger partial charge on any atom is 0.416 e. The minimum atomic E-state index is -4.51. The molecule has 2 heterocycles. The predicted octanol–water partition coefficient (Wildman–Crippen LogP) is 2.98. The second-order valence-electron chi connectivity index (χ2n) is 6.07. The van der Waals surface area contributed by atoms with E-state index < -0.39 is 23.9 Å². The fourth-order valence-electron chi connectivity index (χ4n) is 3.21. The van der Waals surface area contributed by atoms with Crippen molar-refractivity contribution >= 4 is 5.91 Å². The summed E-state index contributed by atoms with van der Waals surface area (Å²) in [6.07, 6.45) is -2.10. The minimum absolute atomic E-state index is 0.0228. The predicted molar refractivity (Wildman–Crippen MR) is 84.5 cm³/mol. The summed E-state index contributed by atoms with van der Waals surface area (Å²) in [5.41, 5.74) is -0.0188. The lowest BCUT2D eigenvalue weighted by Crippen LogP contribution is -2.33. The van der Waals surface area contributed by atoms with Gasteiger partial charge in [-0.05, 0) is 35.7 Å². The molecule has 1 aliphatic rings. The molecule has 25 heavy (non-hydrogen) atoms. The van der Waals surface area contributed by atoms with Crippen LogP contribution in [-0.2, 0) is 17.4 Å². The van der Waals surface area contributed by atoms with Gasteiger partial charge < -0.3 is 10.0 Å². The third-order valence-corrected chi connectivity index (χ3v) is 4.33. The SMILES string of the molecule is O=C(Cc1ccncc1)N1C[C@@H](O)C[C@@H]1c1ccccc1C(F)(F)F. The highest BCUT2D eigenvalue weighted by Crippen LogP contribution is 2.40. The van der Waals surface area contributed by atoms with Crippen molar-refractivity contribution in [3.63, 3.8) is 0 Å². The molecule has 1 aromatic carbocycles. The summed E-state index contributed by atoms with van der Waals surface area (Å²) < 4.78 is 39.9. The highest BCUT2D eigenvalue weighted by atomic mass is 19.4. The van der Waals surface area contributed by atoms with Crippen LogP contribution in [-0.4, -0.2) is 33.5 Å². The Morgan fingerprint density at radius 2 is 1.88 bits per heavy atom. The molecule has 0 unspecified atom stereocenters. The number of carbonyl (C=O) groups is 1. The molecule has 132 valence electrons. The van der Waals surface area contributed by atoms with E-state index in [0.717, 1.165) is 11.6 Å². The van der Waals surface area contributed by atoms with Gasteiger partial charge in [-0.3, -0.25) is 9.78 Å². The van der Waals surface area contributed by atoms with Crippen molar-refractivity contribution in [3.8, 4) is 0 Å². The van der Waals surface area contributed by atoms with Crippen LogP contribution in [0.2, 0.25) is 0 Å². The standard InChI is InChI=1S/C18H17F3N2O2/c19-18(20,21)15-4-2-1-3-14(15)16-10-13(24)11-23(16)17(25)9-12-5-7-22-8-6-12/h1-8,13,16,24H,9-11H2/t13-,16+/m0/s1. The van der Waals surface area contributed by atoms with Gasteiger partial charge in [-0.1, -0.05) is 18.2 Å². The van der Waals surface area contributed by atoms with E-state index >= 15 is 0 Å². The van der Waals surface area contributed by atoms with Crippen LogP contribution in [0.5, 0.6) is 0 Å². The number of β-amino-alcohol motifs (C(OH)–C–C–N with tert-alkyl or cyclic N) is 1. The van der Waals surface area contributed by atoms with Crippen molar-refractivity contribution in [1.29, 1.82) is 0 Å². The highest BCUT2D eigenvalue weighted by Gasteiger charge is 2.41. The average molecular weight is 350 g/mol. The molecule has 2 atom stereocenters. The Kier molecular flexibility index (Phi) is 4.76. The summed E-state index contributed by atoms with van der Waals surface area (Å²) in [6, 6.07) is 7.79. The van der Waals surface area contributed by atoms with E-state index in [1.807, 2.05) is 0 Å². The van der Waals surface area contributed by atoms with Gasteiger partial charge in [0.2, 0.25) is 5.91 Å². The summed E-state index contributed by atoms with van der Waals surface area (Å²) in [4.78, 5) is 17.8. The number of rotatable bonds is 3. The number of benzene rings is 1. The second kappa shape index (κ2) is 6.84. The highest BCUT2D eigenvalue weighted by molar-refractivity contribution is 5.79. The third kappa shape index (κ3) is 3.82. The second-order valence-corrected chi connectivity index (χ2v) is 6.07. The van der Waals surface area contributed by atoms with Gasteiger partial charge in [-0.15, -0.1) is 0 Å². The number of aliphatic hydroxyl groups excluding tert-OH is 1. The normalized spacial score (nSPS) is 20.7. The lowest BCUT2D eigenvalue weighted by atomic mass is 9.97. The largest absolute Gasteiger partial charge is 0.416 e. The van der Waals surface area contributed by atoms with Crippen LogP contribution in [0.3, 0.4) is 0 Å². The molecular weight excluding hydrogens is 333 g/mol. The first-order valence-corrected chi connectivity index (χ1v) is 7.89. The fraction of sp³-hybridized carbons (Fsp3) is 0.333. The number of carbonyl (C=O) groups excluding carboxylic acids is 1. The van der Waals surface area contributed by atoms with Gasteiger partial charge >= 0.3 is 6.18 Å². The first kappa shape index (κ1) is 17.4.